The number of nitrogens with one attached hydrogen (secondary N) is 3. The molecule has 23 heavy (non-hydrogen) atoms. The predicted octanol–water partition coefficient (Wildman–Crippen LogP) is 0.650. The molecule has 3 N–H and O–H groups in total. The Bertz CT molecular complexity index is 572. The van der Waals surface area contributed by atoms with E-state index in [9.17, 15) is 9.59 Å². The standard InChI is InChI=1S/C15H22N4O4/c1-16-13(20)12-4-11(23-19-12)8-22-14(21)18-7-10-5-15(6-10)2-3-17-9-15/h4,10,17H,2-3,5-9H2,1H3,(H,16,20)(H,18,21). The molecule has 2 heterocycles. The lowest BCUT2D eigenvalue weighted by atomic mass is 9.61. The first-order valence-electron chi connectivity index (χ1n) is 7.89. The second-order valence-electron chi connectivity index (χ2n) is 6.42. The summed E-state index contributed by atoms with van der Waals surface area (Å²) in [6.07, 6.45) is 3.09. The van der Waals surface area contributed by atoms with Gasteiger partial charge in [0.1, 0.15) is 0 Å². The van der Waals surface area contributed by atoms with Gasteiger partial charge in [-0.05, 0) is 37.1 Å². The summed E-state index contributed by atoms with van der Waals surface area (Å²) in [6.45, 7) is 2.80. The summed E-state index contributed by atoms with van der Waals surface area (Å²) >= 11 is 0. The molecule has 0 atom stereocenters. The monoisotopic (exact) mass is 322 g/mol. The molecule has 0 aromatic carbocycles. The molecule has 2 fully saturated rings. The van der Waals surface area contributed by atoms with Gasteiger partial charge in [-0.1, -0.05) is 5.16 Å². The van der Waals surface area contributed by atoms with Crippen LogP contribution in [0.1, 0.15) is 35.5 Å². The topological polar surface area (TPSA) is 105 Å². The molecule has 1 saturated heterocycles. The second-order valence-corrected chi connectivity index (χ2v) is 6.42. The lowest BCUT2D eigenvalue weighted by molar-refractivity contribution is 0.0712. The van der Waals surface area contributed by atoms with Crippen LogP contribution in [-0.2, 0) is 11.3 Å². The van der Waals surface area contributed by atoms with Gasteiger partial charge in [0.05, 0.1) is 0 Å². The molecule has 1 aliphatic heterocycles. The van der Waals surface area contributed by atoms with Crippen LogP contribution in [0.15, 0.2) is 10.6 Å². The van der Waals surface area contributed by atoms with Crippen LogP contribution in [0.3, 0.4) is 0 Å². The van der Waals surface area contributed by atoms with Crippen molar-refractivity contribution in [1.29, 1.82) is 0 Å². The largest absolute Gasteiger partial charge is 0.441 e. The molecule has 2 amide bonds. The van der Waals surface area contributed by atoms with Gasteiger partial charge in [-0.25, -0.2) is 4.79 Å². The van der Waals surface area contributed by atoms with Crippen molar-refractivity contribution in [1.82, 2.24) is 21.1 Å². The van der Waals surface area contributed by atoms with Crippen LogP contribution in [-0.4, -0.2) is 43.8 Å². The van der Waals surface area contributed by atoms with Gasteiger partial charge in [0, 0.05) is 26.2 Å². The molecule has 1 aromatic heterocycles. The molecule has 0 radical (unpaired) electrons. The summed E-state index contributed by atoms with van der Waals surface area (Å²) in [6, 6.07) is 1.45. The molecule has 1 aliphatic carbocycles. The number of alkyl carbamates (subject to hydrolysis) is 1. The number of carbonyl (C=O) groups excluding carboxylic acids is 2. The summed E-state index contributed by atoms with van der Waals surface area (Å²) in [5, 5.41) is 12.2. The fourth-order valence-electron chi connectivity index (χ4n) is 3.48. The van der Waals surface area contributed by atoms with Crippen molar-refractivity contribution in [2.24, 2.45) is 11.3 Å². The number of aromatic nitrogens is 1. The number of rotatable bonds is 5. The third kappa shape index (κ3) is 3.64. The minimum Gasteiger partial charge on any atom is -0.441 e. The van der Waals surface area contributed by atoms with Crippen molar-refractivity contribution in [2.45, 2.75) is 25.9 Å². The number of amides is 2. The van der Waals surface area contributed by atoms with E-state index >= 15 is 0 Å². The molecule has 3 rings (SSSR count). The highest BCUT2D eigenvalue weighted by atomic mass is 16.6. The number of nitrogens with zero attached hydrogens (tertiary/aromatic N) is 1. The van der Waals surface area contributed by atoms with Crippen LogP contribution in [0.4, 0.5) is 4.79 Å². The summed E-state index contributed by atoms with van der Waals surface area (Å²) < 4.78 is 10.00. The maximum absolute atomic E-state index is 11.7. The van der Waals surface area contributed by atoms with Crippen molar-refractivity contribution < 1.29 is 18.8 Å². The van der Waals surface area contributed by atoms with E-state index < -0.39 is 6.09 Å². The molecular formula is C15H22N4O4. The maximum atomic E-state index is 11.7. The van der Waals surface area contributed by atoms with Gasteiger partial charge in [0.25, 0.3) is 5.91 Å². The maximum Gasteiger partial charge on any atom is 0.407 e. The Morgan fingerprint density at radius 1 is 1.52 bits per heavy atom. The van der Waals surface area contributed by atoms with Crippen LogP contribution in [0.25, 0.3) is 0 Å². The fourth-order valence-corrected chi connectivity index (χ4v) is 3.48. The minimum atomic E-state index is -0.478. The van der Waals surface area contributed by atoms with Gasteiger partial charge in [-0.15, -0.1) is 0 Å². The minimum absolute atomic E-state index is 0.0473. The third-order valence-electron chi connectivity index (χ3n) is 4.67. The normalized spacial score (nSPS) is 25.9. The molecule has 2 aliphatic rings. The van der Waals surface area contributed by atoms with Crippen molar-refractivity contribution in [2.75, 3.05) is 26.7 Å². The zero-order valence-corrected chi connectivity index (χ0v) is 13.2. The van der Waals surface area contributed by atoms with E-state index in [4.69, 9.17) is 9.26 Å². The third-order valence-corrected chi connectivity index (χ3v) is 4.67. The lowest BCUT2D eigenvalue weighted by Crippen LogP contribution is -2.44. The quantitative estimate of drug-likeness (QED) is 0.735. The molecule has 1 saturated carbocycles. The highest BCUT2D eigenvalue weighted by Crippen LogP contribution is 2.49. The van der Waals surface area contributed by atoms with E-state index in [1.165, 1.54) is 19.5 Å². The summed E-state index contributed by atoms with van der Waals surface area (Å²) in [4.78, 5) is 23.0. The van der Waals surface area contributed by atoms with Crippen molar-refractivity contribution in [3.05, 3.63) is 17.5 Å². The van der Waals surface area contributed by atoms with E-state index in [1.807, 2.05) is 0 Å². The van der Waals surface area contributed by atoms with Gasteiger partial charge in [-0.3, -0.25) is 4.79 Å². The van der Waals surface area contributed by atoms with Gasteiger partial charge in [0.15, 0.2) is 18.1 Å². The number of carbonyl (C=O) groups is 2. The molecule has 126 valence electrons. The molecule has 1 aromatic rings. The molecule has 8 heteroatoms. The van der Waals surface area contributed by atoms with Crippen LogP contribution in [0.5, 0.6) is 0 Å². The smallest absolute Gasteiger partial charge is 0.407 e. The Morgan fingerprint density at radius 2 is 2.35 bits per heavy atom. The predicted molar refractivity (Wildman–Crippen MR) is 80.7 cm³/mol. The van der Waals surface area contributed by atoms with E-state index in [0.29, 0.717) is 23.6 Å². The lowest BCUT2D eigenvalue weighted by Gasteiger charge is -2.44. The molecule has 8 nitrogen and oxygen atoms in total. The Kier molecular flexibility index (Phi) is 4.51. The highest BCUT2D eigenvalue weighted by molar-refractivity contribution is 5.91. The summed E-state index contributed by atoms with van der Waals surface area (Å²) in [5.41, 5.74) is 0.642. The van der Waals surface area contributed by atoms with Crippen molar-refractivity contribution in [3.63, 3.8) is 0 Å². The Balaban J connectivity index is 1.34. The number of ether oxygens (including phenoxy) is 1. The molecule has 0 unspecified atom stereocenters. The van der Waals surface area contributed by atoms with Gasteiger partial charge in [-0.2, -0.15) is 0 Å². The second kappa shape index (κ2) is 6.57. The average molecular weight is 322 g/mol. The highest BCUT2D eigenvalue weighted by Gasteiger charge is 2.45. The first-order chi connectivity index (χ1) is 11.1. The van der Waals surface area contributed by atoms with Crippen molar-refractivity contribution >= 4 is 12.0 Å². The fraction of sp³-hybridized carbons (Fsp3) is 0.667. The summed E-state index contributed by atoms with van der Waals surface area (Å²) in [7, 11) is 1.51. The van der Waals surface area contributed by atoms with Crippen molar-refractivity contribution in [3.8, 4) is 0 Å². The molecule has 1 spiro atoms. The van der Waals surface area contributed by atoms with Crippen LogP contribution in [0.2, 0.25) is 0 Å². The van der Waals surface area contributed by atoms with Gasteiger partial charge >= 0.3 is 6.09 Å². The SMILES string of the molecule is CNC(=O)c1cc(COC(=O)NCC2CC3(CCNC3)C2)on1. The molecular weight excluding hydrogens is 300 g/mol. The first-order valence-corrected chi connectivity index (χ1v) is 7.89. The van der Waals surface area contributed by atoms with Crippen LogP contribution >= 0.6 is 0 Å². The van der Waals surface area contributed by atoms with Gasteiger partial charge < -0.3 is 25.2 Å². The van der Waals surface area contributed by atoms with Crippen LogP contribution in [0, 0.1) is 11.3 Å². The summed E-state index contributed by atoms with van der Waals surface area (Å²) in [5.74, 6) is 0.524. The van der Waals surface area contributed by atoms with E-state index in [1.54, 1.807) is 0 Å². The Hall–Kier alpha value is -2.09. The zero-order chi connectivity index (χ0) is 16.3. The van der Waals surface area contributed by atoms with Gasteiger partial charge in [0.2, 0.25) is 0 Å². The number of hydrogen-bond donors (Lipinski definition) is 3. The Morgan fingerprint density at radius 3 is 3.04 bits per heavy atom. The van der Waals surface area contributed by atoms with E-state index in [0.717, 1.165) is 25.9 Å². The van der Waals surface area contributed by atoms with E-state index in [2.05, 4.69) is 21.1 Å². The van der Waals surface area contributed by atoms with Crippen LogP contribution < -0.4 is 16.0 Å². The first kappa shape index (κ1) is 15.8. The molecule has 0 bridgehead atoms. The Labute approximate surface area is 134 Å². The number of hydrogen-bond acceptors (Lipinski definition) is 6. The van der Waals surface area contributed by atoms with E-state index in [-0.39, 0.29) is 18.2 Å². The average Bonchev–Trinajstić information content (AvgIpc) is 3.18. The zero-order valence-electron chi connectivity index (χ0n) is 13.2.